The molecule has 7 heteroatoms. The van der Waals surface area contributed by atoms with Crippen molar-refractivity contribution in [2.24, 2.45) is 0 Å². The molecule has 0 saturated carbocycles. The van der Waals surface area contributed by atoms with Crippen molar-refractivity contribution in [3.8, 4) is 16.8 Å². The van der Waals surface area contributed by atoms with Gasteiger partial charge in [0.2, 0.25) is 5.91 Å². The predicted octanol–water partition coefficient (Wildman–Crippen LogP) is 5.31. The van der Waals surface area contributed by atoms with Crippen LogP contribution in [0.1, 0.15) is 45.4 Å². The van der Waals surface area contributed by atoms with Crippen LogP contribution in [0.25, 0.3) is 16.8 Å². The molecule has 0 unspecified atom stereocenters. The first kappa shape index (κ1) is 25.0. The number of hydrogen-bond acceptors (Lipinski definition) is 3. The third-order valence-electron chi connectivity index (χ3n) is 5.32. The lowest BCUT2D eigenvalue weighted by Crippen LogP contribution is -2.50. The molecule has 34 heavy (non-hydrogen) atoms. The van der Waals surface area contributed by atoms with Gasteiger partial charge in [0.05, 0.1) is 11.4 Å². The number of aromatic nitrogens is 2. The second-order valence-corrected chi connectivity index (χ2v) is 9.52. The number of amides is 3. The molecule has 0 bridgehead atoms. The van der Waals surface area contributed by atoms with E-state index in [1.807, 2.05) is 96.1 Å². The Morgan fingerprint density at radius 1 is 1.00 bits per heavy atom. The number of nitrogens with one attached hydrogen (secondary N) is 2. The minimum atomic E-state index is -0.388. The minimum absolute atomic E-state index is 0.0536. The molecule has 2 N–H and O–H groups in total. The van der Waals surface area contributed by atoms with Crippen molar-refractivity contribution >= 4 is 17.8 Å². The van der Waals surface area contributed by atoms with Gasteiger partial charge in [0, 0.05) is 17.6 Å². The van der Waals surface area contributed by atoms with Crippen molar-refractivity contribution in [2.75, 3.05) is 18.4 Å². The van der Waals surface area contributed by atoms with E-state index < -0.39 is 0 Å². The molecule has 0 aliphatic rings. The maximum atomic E-state index is 13.3. The van der Waals surface area contributed by atoms with Crippen LogP contribution in [-0.2, 0) is 4.79 Å². The van der Waals surface area contributed by atoms with E-state index in [4.69, 9.17) is 5.10 Å². The molecule has 3 aromatic rings. The quantitative estimate of drug-likeness (QED) is 0.500. The molecule has 0 aliphatic heterocycles. The first-order valence-corrected chi connectivity index (χ1v) is 11.7. The number of nitrogens with zero attached hydrogens (tertiary/aromatic N) is 3. The Morgan fingerprint density at radius 3 is 2.26 bits per heavy atom. The second kappa shape index (κ2) is 10.5. The molecular weight excluding hydrogens is 426 g/mol. The SMILES string of the molecule is CCCN(CC(=O)Nc1c(-c2ccccc2)c(C)nn1-c1ccccc1C)C(=O)NC(C)(C)C. The van der Waals surface area contributed by atoms with Crippen molar-refractivity contribution in [1.82, 2.24) is 20.0 Å². The van der Waals surface area contributed by atoms with Gasteiger partial charge >= 0.3 is 6.03 Å². The number of carbonyl (C=O) groups is 2. The van der Waals surface area contributed by atoms with E-state index in [1.165, 1.54) is 0 Å². The summed E-state index contributed by atoms with van der Waals surface area (Å²) >= 11 is 0. The Kier molecular flexibility index (Phi) is 7.76. The van der Waals surface area contributed by atoms with Gasteiger partial charge in [-0.05, 0) is 58.2 Å². The standard InChI is InChI=1S/C27H35N5O2/c1-7-17-31(26(34)29-27(4,5)6)18-23(33)28-25-24(21-14-9-8-10-15-21)20(3)30-32(25)22-16-12-11-13-19(22)2/h8-16H,7,17-18H2,1-6H3,(H,28,33)(H,29,34). The van der Waals surface area contributed by atoms with Crippen LogP contribution in [0.15, 0.2) is 54.6 Å². The number of benzene rings is 2. The lowest BCUT2D eigenvalue weighted by Gasteiger charge is -2.28. The molecular formula is C27H35N5O2. The van der Waals surface area contributed by atoms with Gasteiger partial charge in [-0.1, -0.05) is 55.5 Å². The molecule has 1 aromatic heterocycles. The van der Waals surface area contributed by atoms with E-state index in [9.17, 15) is 9.59 Å². The van der Waals surface area contributed by atoms with E-state index >= 15 is 0 Å². The number of para-hydroxylation sites is 1. The number of carbonyl (C=O) groups excluding carboxylic acids is 2. The first-order valence-electron chi connectivity index (χ1n) is 11.7. The Morgan fingerprint density at radius 2 is 1.65 bits per heavy atom. The zero-order chi connectivity index (χ0) is 24.9. The molecule has 2 aromatic carbocycles. The Labute approximate surface area is 202 Å². The molecule has 0 aliphatic carbocycles. The van der Waals surface area contributed by atoms with Gasteiger partial charge < -0.3 is 15.5 Å². The van der Waals surface area contributed by atoms with Gasteiger partial charge in [0.1, 0.15) is 12.4 Å². The fraction of sp³-hybridized carbons (Fsp3) is 0.370. The fourth-order valence-corrected chi connectivity index (χ4v) is 3.84. The summed E-state index contributed by atoms with van der Waals surface area (Å²) in [4.78, 5) is 27.6. The summed E-state index contributed by atoms with van der Waals surface area (Å²) in [5.74, 6) is 0.320. The van der Waals surface area contributed by atoms with Gasteiger partial charge in [-0.2, -0.15) is 5.10 Å². The van der Waals surface area contributed by atoms with E-state index in [1.54, 1.807) is 9.58 Å². The highest BCUT2D eigenvalue weighted by Crippen LogP contribution is 2.34. The highest BCUT2D eigenvalue weighted by molar-refractivity contribution is 5.98. The largest absolute Gasteiger partial charge is 0.333 e. The molecule has 0 atom stereocenters. The third kappa shape index (κ3) is 6.04. The van der Waals surface area contributed by atoms with Crippen molar-refractivity contribution in [2.45, 2.75) is 53.5 Å². The Bertz CT molecular complexity index is 1150. The Hall–Kier alpha value is -3.61. The third-order valence-corrected chi connectivity index (χ3v) is 5.32. The van der Waals surface area contributed by atoms with Gasteiger partial charge in [0.15, 0.2) is 0 Å². The first-order chi connectivity index (χ1) is 16.1. The van der Waals surface area contributed by atoms with Crippen LogP contribution in [-0.4, -0.2) is 45.2 Å². The number of anilines is 1. The van der Waals surface area contributed by atoms with Crippen LogP contribution < -0.4 is 10.6 Å². The monoisotopic (exact) mass is 461 g/mol. The van der Waals surface area contributed by atoms with Crippen molar-refractivity contribution in [3.05, 3.63) is 65.9 Å². The maximum absolute atomic E-state index is 13.3. The highest BCUT2D eigenvalue weighted by atomic mass is 16.2. The summed E-state index contributed by atoms with van der Waals surface area (Å²) in [6.07, 6.45) is 0.750. The smallest absolute Gasteiger partial charge is 0.318 e. The van der Waals surface area contributed by atoms with E-state index in [2.05, 4.69) is 10.6 Å². The fourth-order valence-electron chi connectivity index (χ4n) is 3.84. The van der Waals surface area contributed by atoms with Crippen LogP contribution in [0.2, 0.25) is 0 Å². The lowest BCUT2D eigenvalue weighted by atomic mass is 10.1. The van der Waals surface area contributed by atoms with Gasteiger partial charge in [-0.15, -0.1) is 0 Å². The average molecular weight is 462 g/mol. The molecule has 0 radical (unpaired) electrons. The number of rotatable bonds is 7. The van der Waals surface area contributed by atoms with Crippen LogP contribution >= 0.6 is 0 Å². The highest BCUT2D eigenvalue weighted by Gasteiger charge is 2.24. The second-order valence-electron chi connectivity index (χ2n) is 9.52. The molecule has 7 nitrogen and oxygen atoms in total. The summed E-state index contributed by atoms with van der Waals surface area (Å²) in [5, 5.41) is 10.8. The number of aryl methyl sites for hydroxylation is 2. The van der Waals surface area contributed by atoms with Gasteiger partial charge in [-0.3, -0.25) is 4.79 Å². The summed E-state index contributed by atoms with van der Waals surface area (Å²) in [6, 6.07) is 17.6. The Balaban J connectivity index is 1.98. The summed E-state index contributed by atoms with van der Waals surface area (Å²) in [6.45, 7) is 12.1. The molecule has 0 saturated heterocycles. The normalized spacial score (nSPS) is 11.2. The summed E-state index contributed by atoms with van der Waals surface area (Å²) in [5.41, 5.74) is 4.17. The molecule has 1 heterocycles. The van der Waals surface area contributed by atoms with Crippen LogP contribution in [0.5, 0.6) is 0 Å². The van der Waals surface area contributed by atoms with Crippen molar-refractivity contribution < 1.29 is 9.59 Å². The van der Waals surface area contributed by atoms with Crippen molar-refractivity contribution in [1.29, 1.82) is 0 Å². The van der Waals surface area contributed by atoms with E-state index in [0.717, 1.165) is 34.5 Å². The van der Waals surface area contributed by atoms with Crippen LogP contribution in [0, 0.1) is 13.8 Å². The van der Waals surface area contributed by atoms with Crippen LogP contribution in [0.4, 0.5) is 10.6 Å². The lowest BCUT2D eigenvalue weighted by molar-refractivity contribution is -0.116. The maximum Gasteiger partial charge on any atom is 0.318 e. The molecule has 3 rings (SSSR count). The molecule has 0 fully saturated rings. The molecule has 0 spiro atoms. The zero-order valence-electron chi connectivity index (χ0n) is 21.0. The minimum Gasteiger partial charge on any atom is -0.333 e. The number of hydrogen-bond donors (Lipinski definition) is 2. The topological polar surface area (TPSA) is 79.3 Å². The summed E-state index contributed by atoms with van der Waals surface area (Å²) < 4.78 is 1.78. The summed E-state index contributed by atoms with van der Waals surface area (Å²) in [7, 11) is 0. The van der Waals surface area contributed by atoms with Gasteiger partial charge in [0.25, 0.3) is 0 Å². The molecule has 180 valence electrons. The van der Waals surface area contributed by atoms with Crippen molar-refractivity contribution in [3.63, 3.8) is 0 Å². The average Bonchev–Trinajstić information content (AvgIpc) is 3.08. The van der Waals surface area contributed by atoms with E-state index in [-0.39, 0.29) is 24.0 Å². The predicted molar refractivity (Wildman–Crippen MR) is 137 cm³/mol. The zero-order valence-corrected chi connectivity index (χ0v) is 21.0. The number of urea groups is 1. The molecule has 3 amide bonds. The van der Waals surface area contributed by atoms with E-state index in [0.29, 0.717) is 12.4 Å². The van der Waals surface area contributed by atoms with Crippen LogP contribution in [0.3, 0.4) is 0 Å². The van der Waals surface area contributed by atoms with Gasteiger partial charge in [-0.25, -0.2) is 9.48 Å².